The van der Waals surface area contributed by atoms with Gasteiger partial charge in [-0.3, -0.25) is 0 Å². The van der Waals surface area contributed by atoms with Gasteiger partial charge >= 0.3 is 5.97 Å². The van der Waals surface area contributed by atoms with Crippen molar-refractivity contribution in [1.82, 2.24) is 0 Å². The van der Waals surface area contributed by atoms with Gasteiger partial charge in [-0.25, -0.2) is 4.79 Å². The maximum absolute atomic E-state index is 12.0. The summed E-state index contributed by atoms with van der Waals surface area (Å²) in [7, 11) is 0. The zero-order valence-electron chi connectivity index (χ0n) is 11.8. The third kappa shape index (κ3) is 4.22. The quantitative estimate of drug-likeness (QED) is 0.470. The molecule has 0 bridgehead atoms. The molecule has 4 heteroatoms. The summed E-state index contributed by atoms with van der Waals surface area (Å²) in [6, 6.07) is 9.88. The SMILES string of the molecule is CCCCOC(=O)[C@H]1C[C@@H](Cl)C[C@@H](c2ccccc2)O1. The van der Waals surface area contributed by atoms with Crippen LogP contribution in [0.2, 0.25) is 0 Å². The van der Waals surface area contributed by atoms with Gasteiger partial charge in [-0.05, 0) is 18.4 Å². The molecule has 0 aromatic heterocycles. The standard InChI is InChI=1S/C16H21ClO3/c1-2-3-9-19-16(18)15-11-13(17)10-14(20-15)12-7-5-4-6-8-12/h4-8,13-15H,2-3,9-11H2,1H3/t13-,14-,15+/m0/s1. The third-order valence-electron chi connectivity index (χ3n) is 3.44. The molecule has 0 unspecified atom stereocenters. The zero-order chi connectivity index (χ0) is 14.4. The number of alkyl halides is 1. The van der Waals surface area contributed by atoms with Crippen LogP contribution in [0.5, 0.6) is 0 Å². The third-order valence-corrected chi connectivity index (χ3v) is 3.80. The molecule has 1 fully saturated rings. The highest BCUT2D eigenvalue weighted by Crippen LogP contribution is 2.34. The minimum atomic E-state index is -0.548. The first-order valence-corrected chi connectivity index (χ1v) is 7.65. The molecule has 1 aromatic rings. The van der Waals surface area contributed by atoms with Crippen molar-refractivity contribution in [2.24, 2.45) is 0 Å². The Morgan fingerprint density at radius 3 is 2.80 bits per heavy atom. The lowest BCUT2D eigenvalue weighted by Crippen LogP contribution is -2.36. The Morgan fingerprint density at radius 1 is 1.35 bits per heavy atom. The molecule has 1 aromatic carbocycles. The summed E-state index contributed by atoms with van der Waals surface area (Å²) in [6.45, 7) is 2.52. The summed E-state index contributed by atoms with van der Waals surface area (Å²) in [5, 5.41) is -0.0577. The van der Waals surface area contributed by atoms with Crippen LogP contribution in [0.3, 0.4) is 0 Å². The first kappa shape index (κ1) is 15.3. The Morgan fingerprint density at radius 2 is 2.10 bits per heavy atom. The molecule has 110 valence electrons. The lowest BCUT2D eigenvalue weighted by atomic mass is 9.98. The van der Waals surface area contributed by atoms with Crippen LogP contribution in [0, 0.1) is 0 Å². The van der Waals surface area contributed by atoms with E-state index >= 15 is 0 Å². The van der Waals surface area contributed by atoms with Crippen LogP contribution in [0.25, 0.3) is 0 Å². The molecule has 1 heterocycles. The number of benzene rings is 1. The van der Waals surface area contributed by atoms with Crippen molar-refractivity contribution in [3.63, 3.8) is 0 Å². The highest BCUT2D eigenvalue weighted by atomic mass is 35.5. The second kappa shape index (κ2) is 7.65. The number of hydrogen-bond donors (Lipinski definition) is 0. The van der Waals surface area contributed by atoms with Crippen molar-refractivity contribution in [3.8, 4) is 0 Å². The minimum Gasteiger partial charge on any atom is -0.464 e. The summed E-state index contributed by atoms with van der Waals surface area (Å²) in [5.74, 6) is -0.287. The van der Waals surface area contributed by atoms with Crippen LogP contribution in [0.15, 0.2) is 30.3 Å². The van der Waals surface area contributed by atoms with Crippen LogP contribution in [0.4, 0.5) is 0 Å². The van der Waals surface area contributed by atoms with Gasteiger partial charge in [0.15, 0.2) is 6.10 Å². The van der Waals surface area contributed by atoms with Crippen molar-refractivity contribution in [2.75, 3.05) is 6.61 Å². The van der Waals surface area contributed by atoms with E-state index in [0.717, 1.165) is 24.8 Å². The van der Waals surface area contributed by atoms with E-state index < -0.39 is 6.10 Å². The van der Waals surface area contributed by atoms with Gasteiger partial charge in [-0.15, -0.1) is 11.6 Å². The maximum Gasteiger partial charge on any atom is 0.335 e. The second-order valence-electron chi connectivity index (χ2n) is 5.11. The lowest BCUT2D eigenvalue weighted by molar-refractivity contribution is -0.166. The van der Waals surface area contributed by atoms with E-state index in [0.29, 0.717) is 13.0 Å². The number of hydrogen-bond acceptors (Lipinski definition) is 3. The van der Waals surface area contributed by atoms with E-state index in [1.165, 1.54) is 0 Å². The molecule has 1 aliphatic rings. The van der Waals surface area contributed by atoms with Gasteiger partial charge in [0.2, 0.25) is 0 Å². The Labute approximate surface area is 125 Å². The summed E-state index contributed by atoms with van der Waals surface area (Å²) in [6.07, 6.45) is 2.46. The van der Waals surface area contributed by atoms with E-state index in [4.69, 9.17) is 21.1 Å². The molecule has 0 spiro atoms. The van der Waals surface area contributed by atoms with E-state index in [-0.39, 0.29) is 17.5 Å². The number of ether oxygens (including phenoxy) is 2. The largest absolute Gasteiger partial charge is 0.464 e. The van der Waals surface area contributed by atoms with Crippen LogP contribution in [-0.2, 0) is 14.3 Å². The van der Waals surface area contributed by atoms with Gasteiger partial charge in [-0.1, -0.05) is 43.7 Å². The highest BCUT2D eigenvalue weighted by molar-refractivity contribution is 6.20. The average molecular weight is 297 g/mol. The summed E-state index contributed by atoms with van der Waals surface area (Å²) >= 11 is 6.27. The summed E-state index contributed by atoms with van der Waals surface area (Å²) in [4.78, 5) is 12.0. The first-order chi connectivity index (χ1) is 9.70. The molecular weight excluding hydrogens is 276 g/mol. The van der Waals surface area contributed by atoms with Gasteiger partial charge in [0.25, 0.3) is 0 Å². The molecule has 3 atom stereocenters. The summed E-state index contributed by atoms with van der Waals surface area (Å²) in [5.41, 5.74) is 1.06. The van der Waals surface area contributed by atoms with Crippen LogP contribution >= 0.6 is 11.6 Å². The zero-order valence-corrected chi connectivity index (χ0v) is 12.5. The molecule has 20 heavy (non-hydrogen) atoms. The predicted molar refractivity (Wildman–Crippen MR) is 78.8 cm³/mol. The van der Waals surface area contributed by atoms with E-state index in [1.54, 1.807) is 0 Å². The molecule has 1 aliphatic heterocycles. The topological polar surface area (TPSA) is 35.5 Å². The molecule has 3 nitrogen and oxygen atoms in total. The Balaban J connectivity index is 1.96. The van der Waals surface area contributed by atoms with E-state index in [2.05, 4.69) is 6.92 Å². The monoisotopic (exact) mass is 296 g/mol. The molecule has 0 amide bonds. The molecule has 0 saturated carbocycles. The number of carbonyl (C=O) groups is 1. The first-order valence-electron chi connectivity index (χ1n) is 7.21. The number of esters is 1. The number of rotatable bonds is 5. The van der Waals surface area contributed by atoms with Gasteiger partial charge in [0, 0.05) is 11.8 Å². The van der Waals surface area contributed by atoms with Crippen molar-refractivity contribution in [2.45, 2.75) is 50.2 Å². The van der Waals surface area contributed by atoms with Gasteiger partial charge < -0.3 is 9.47 Å². The highest BCUT2D eigenvalue weighted by Gasteiger charge is 2.34. The van der Waals surface area contributed by atoms with Crippen molar-refractivity contribution in [1.29, 1.82) is 0 Å². The maximum atomic E-state index is 12.0. The van der Waals surface area contributed by atoms with E-state index in [9.17, 15) is 4.79 Å². The molecular formula is C16H21ClO3. The van der Waals surface area contributed by atoms with Gasteiger partial charge in [0.1, 0.15) is 0 Å². The Bertz CT molecular complexity index is 421. The molecule has 0 N–H and O–H groups in total. The average Bonchev–Trinajstić information content (AvgIpc) is 2.47. The molecule has 0 aliphatic carbocycles. The van der Waals surface area contributed by atoms with Crippen LogP contribution < -0.4 is 0 Å². The Hall–Kier alpha value is -1.06. The predicted octanol–water partition coefficient (Wildman–Crippen LogP) is 3.86. The van der Waals surface area contributed by atoms with Crippen molar-refractivity contribution < 1.29 is 14.3 Å². The van der Waals surface area contributed by atoms with Crippen LogP contribution in [-0.4, -0.2) is 24.1 Å². The normalized spacial score (nSPS) is 26.2. The van der Waals surface area contributed by atoms with Gasteiger partial charge in [-0.2, -0.15) is 0 Å². The van der Waals surface area contributed by atoms with E-state index in [1.807, 2.05) is 30.3 Å². The number of halogens is 1. The fourth-order valence-electron chi connectivity index (χ4n) is 2.31. The minimum absolute atomic E-state index is 0.0577. The molecule has 1 saturated heterocycles. The van der Waals surface area contributed by atoms with Crippen molar-refractivity contribution >= 4 is 17.6 Å². The van der Waals surface area contributed by atoms with Crippen molar-refractivity contribution in [3.05, 3.63) is 35.9 Å². The fourth-order valence-corrected chi connectivity index (χ4v) is 2.64. The smallest absolute Gasteiger partial charge is 0.335 e. The molecule has 2 rings (SSSR count). The van der Waals surface area contributed by atoms with Crippen LogP contribution in [0.1, 0.15) is 44.3 Å². The van der Waals surface area contributed by atoms with Gasteiger partial charge in [0.05, 0.1) is 12.7 Å². The Kier molecular flexibility index (Phi) is 5.86. The molecule has 0 radical (unpaired) electrons. The fraction of sp³-hybridized carbons (Fsp3) is 0.562. The lowest BCUT2D eigenvalue weighted by Gasteiger charge is -2.31. The number of carbonyl (C=O) groups excluding carboxylic acids is 1. The number of unbranched alkanes of at least 4 members (excludes halogenated alkanes) is 1. The second-order valence-corrected chi connectivity index (χ2v) is 5.73. The summed E-state index contributed by atoms with van der Waals surface area (Å²) < 4.78 is 11.1.